The Morgan fingerprint density at radius 2 is 2.14 bits per heavy atom. The predicted octanol–water partition coefficient (Wildman–Crippen LogP) is 0.887. The molecule has 0 saturated carbocycles. The first-order valence-electron chi connectivity index (χ1n) is 7.27. The second-order valence-electron chi connectivity index (χ2n) is 4.53. The number of hydrogen-bond acceptors (Lipinski definition) is 4. The number of aliphatic hydroxyl groups is 1. The van der Waals surface area contributed by atoms with Gasteiger partial charge in [0, 0.05) is 18.3 Å². The summed E-state index contributed by atoms with van der Waals surface area (Å²) in [6, 6.07) is 3.36. The average molecular weight is 289 g/mol. The lowest BCUT2D eigenvalue weighted by Crippen LogP contribution is -2.30. The smallest absolute Gasteiger partial charge is 0.269 e. The molecule has 1 rings (SSSR count). The van der Waals surface area contributed by atoms with E-state index in [1.54, 1.807) is 12.1 Å². The summed E-state index contributed by atoms with van der Waals surface area (Å²) >= 11 is 0. The minimum atomic E-state index is -0.186. The van der Waals surface area contributed by atoms with Crippen molar-refractivity contribution in [1.29, 1.82) is 0 Å². The zero-order valence-corrected chi connectivity index (χ0v) is 12.7. The van der Waals surface area contributed by atoms with Gasteiger partial charge in [-0.15, -0.1) is 0 Å². The van der Waals surface area contributed by atoms with Crippen LogP contribution in [-0.2, 0) is 0 Å². The van der Waals surface area contributed by atoms with E-state index >= 15 is 0 Å². The molecule has 0 spiro atoms. The highest BCUT2D eigenvalue weighted by Gasteiger charge is 2.06. The highest BCUT2D eigenvalue weighted by atomic mass is 16.2. The second-order valence-corrected chi connectivity index (χ2v) is 4.53. The van der Waals surface area contributed by atoms with Crippen LogP contribution < -0.4 is 5.32 Å². The Morgan fingerprint density at radius 3 is 2.71 bits per heavy atom. The fourth-order valence-electron chi connectivity index (χ4n) is 1.88. The van der Waals surface area contributed by atoms with Crippen LogP contribution in [0.25, 0.3) is 0 Å². The second kappa shape index (κ2) is 9.92. The molecule has 0 bridgehead atoms. The lowest BCUT2D eigenvalue weighted by molar-refractivity contribution is 0.0947. The van der Waals surface area contributed by atoms with E-state index in [-0.39, 0.29) is 12.5 Å². The van der Waals surface area contributed by atoms with Crippen LogP contribution in [0.15, 0.2) is 18.3 Å². The molecule has 0 aliphatic rings. The number of carbonyl (C=O) groups excluding carboxylic acids is 1. The molecule has 5 heteroatoms. The molecule has 1 aromatic heterocycles. The molecule has 1 amide bonds. The van der Waals surface area contributed by atoms with Gasteiger partial charge in [-0.3, -0.25) is 4.79 Å². The van der Waals surface area contributed by atoms with Crippen LogP contribution in [0.3, 0.4) is 0 Å². The van der Waals surface area contributed by atoms with Gasteiger partial charge < -0.3 is 15.3 Å². The van der Waals surface area contributed by atoms with Crippen LogP contribution in [0.4, 0.5) is 0 Å². The van der Waals surface area contributed by atoms with Gasteiger partial charge in [0.25, 0.3) is 5.91 Å². The van der Waals surface area contributed by atoms with Gasteiger partial charge in [-0.2, -0.15) is 0 Å². The largest absolute Gasteiger partial charge is 0.384 e. The molecule has 0 radical (unpaired) electrons. The van der Waals surface area contributed by atoms with Gasteiger partial charge in [0.1, 0.15) is 12.3 Å². The topological polar surface area (TPSA) is 65.5 Å². The van der Waals surface area contributed by atoms with Gasteiger partial charge in [0.2, 0.25) is 0 Å². The van der Waals surface area contributed by atoms with Gasteiger partial charge in [-0.25, -0.2) is 4.98 Å². The summed E-state index contributed by atoms with van der Waals surface area (Å²) in [7, 11) is 0. The molecule has 0 saturated heterocycles. The molecule has 0 atom stereocenters. The Hall–Kier alpha value is -1.90. The van der Waals surface area contributed by atoms with E-state index < -0.39 is 0 Å². The number of hydrogen-bond donors (Lipinski definition) is 2. The molecule has 21 heavy (non-hydrogen) atoms. The highest BCUT2D eigenvalue weighted by molar-refractivity contribution is 5.92. The average Bonchev–Trinajstić information content (AvgIpc) is 2.53. The maximum Gasteiger partial charge on any atom is 0.269 e. The van der Waals surface area contributed by atoms with Crippen LogP contribution in [0.1, 0.15) is 36.3 Å². The number of aliphatic hydroxyl groups excluding tert-OH is 1. The van der Waals surface area contributed by atoms with Crippen LogP contribution in [0, 0.1) is 11.8 Å². The third-order valence-electron chi connectivity index (χ3n) is 3.14. The van der Waals surface area contributed by atoms with Crippen LogP contribution >= 0.6 is 0 Å². The summed E-state index contributed by atoms with van der Waals surface area (Å²) in [4.78, 5) is 18.3. The van der Waals surface area contributed by atoms with E-state index in [9.17, 15) is 4.79 Å². The number of carbonyl (C=O) groups is 1. The summed E-state index contributed by atoms with van der Waals surface area (Å²) in [6.07, 6.45) is 2.46. The Morgan fingerprint density at radius 1 is 1.38 bits per heavy atom. The maximum atomic E-state index is 11.9. The minimum Gasteiger partial charge on any atom is -0.384 e. The monoisotopic (exact) mass is 289 g/mol. The van der Waals surface area contributed by atoms with E-state index in [1.165, 1.54) is 6.20 Å². The fraction of sp³-hybridized carbons (Fsp3) is 0.500. The van der Waals surface area contributed by atoms with E-state index in [0.29, 0.717) is 17.8 Å². The third-order valence-corrected chi connectivity index (χ3v) is 3.14. The summed E-state index contributed by atoms with van der Waals surface area (Å²) in [5, 5.41) is 11.5. The Bertz CT molecular complexity index is 484. The number of nitrogens with one attached hydrogen (secondary N) is 1. The molecule has 0 aliphatic carbocycles. The maximum absolute atomic E-state index is 11.9. The summed E-state index contributed by atoms with van der Waals surface area (Å²) in [5.41, 5.74) is 1.06. The molecule has 0 aliphatic heterocycles. The van der Waals surface area contributed by atoms with Gasteiger partial charge in [0.15, 0.2) is 0 Å². The molecule has 0 fully saturated rings. The van der Waals surface area contributed by atoms with Crippen molar-refractivity contribution in [1.82, 2.24) is 15.2 Å². The van der Waals surface area contributed by atoms with Gasteiger partial charge in [-0.05, 0) is 38.2 Å². The molecular formula is C16H23N3O2. The van der Waals surface area contributed by atoms with E-state index in [1.807, 2.05) is 0 Å². The summed E-state index contributed by atoms with van der Waals surface area (Å²) in [5.74, 6) is 5.11. The lowest BCUT2D eigenvalue weighted by atomic mass is 10.2. The van der Waals surface area contributed by atoms with Gasteiger partial charge in [0.05, 0.1) is 0 Å². The number of amides is 1. The van der Waals surface area contributed by atoms with Crippen molar-refractivity contribution in [2.24, 2.45) is 0 Å². The van der Waals surface area contributed by atoms with Crippen molar-refractivity contribution in [3.63, 3.8) is 0 Å². The van der Waals surface area contributed by atoms with Crippen molar-refractivity contribution in [2.45, 2.75) is 20.3 Å². The number of nitrogens with zero attached hydrogens (tertiary/aromatic N) is 2. The SMILES string of the molecule is CCN(CC)CCCNC(=O)c1ccc(C#CCO)cn1. The first kappa shape index (κ1) is 17.2. The number of aromatic nitrogens is 1. The molecule has 2 N–H and O–H groups in total. The molecular weight excluding hydrogens is 266 g/mol. The normalized spacial score (nSPS) is 10.1. The highest BCUT2D eigenvalue weighted by Crippen LogP contribution is 1.99. The predicted molar refractivity (Wildman–Crippen MR) is 82.9 cm³/mol. The first-order valence-corrected chi connectivity index (χ1v) is 7.27. The molecule has 1 heterocycles. The quantitative estimate of drug-likeness (QED) is 0.578. The van der Waals surface area contributed by atoms with Crippen LogP contribution in [0.2, 0.25) is 0 Å². The lowest BCUT2D eigenvalue weighted by Gasteiger charge is -2.17. The van der Waals surface area contributed by atoms with Gasteiger partial charge in [-0.1, -0.05) is 25.7 Å². The van der Waals surface area contributed by atoms with Crippen molar-refractivity contribution in [2.75, 3.05) is 32.8 Å². The summed E-state index contributed by atoms with van der Waals surface area (Å²) < 4.78 is 0. The molecule has 0 unspecified atom stereocenters. The first-order chi connectivity index (χ1) is 10.2. The Kier molecular flexibility index (Phi) is 8.10. The van der Waals surface area contributed by atoms with Crippen molar-refractivity contribution in [3.05, 3.63) is 29.6 Å². The Balaban J connectivity index is 2.38. The third kappa shape index (κ3) is 6.39. The van der Waals surface area contributed by atoms with E-state index in [2.05, 4.69) is 40.9 Å². The molecule has 0 aromatic carbocycles. The number of rotatable bonds is 7. The van der Waals surface area contributed by atoms with Crippen molar-refractivity contribution >= 4 is 5.91 Å². The number of pyridine rings is 1. The molecule has 114 valence electrons. The van der Waals surface area contributed by atoms with Crippen molar-refractivity contribution < 1.29 is 9.90 Å². The zero-order valence-electron chi connectivity index (χ0n) is 12.7. The Labute approximate surface area is 126 Å². The fourth-order valence-corrected chi connectivity index (χ4v) is 1.88. The van der Waals surface area contributed by atoms with Gasteiger partial charge >= 0.3 is 0 Å². The van der Waals surface area contributed by atoms with Crippen molar-refractivity contribution in [3.8, 4) is 11.8 Å². The van der Waals surface area contributed by atoms with E-state index in [0.717, 1.165) is 26.1 Å². The molecule has 1 aromatic rings. The van der Waals surface area contributed by atoms with Crippen LogP contribution in [0.5, 0.6) is 0 Å². The minimum absolute atomic E-state index is 0.170. The standard InChI is InChI=1S/C16H23N3O2/c1-3-19(4-2)11-6-10-17-16(21)15-9-8-14(13-18-15)7-5-12-20/h8-9,13,20H,3-4,6,10-12H2,1-2H3,(H,17,21). The van der Waals surface area contributed by atoms with E-state index in [4.69, 9.17) is 5.11 Å². The summed E-state index contributed by atoms with van der Waals surface area (Å²) in [6.45, 7) is 7.76. The van der Waals surface area contributed by atoms with Crippen LogP contribution in [-0.4, -0.2) is 53.7 Å². The zero-order chi connectivity index (χ0) is 15.5. The molecule has 5 nitrogen and oxygen atoms in total.